The lowest BCUT2D eigenvalue weighted by Crippen LogP contribution is -2.49. The van der Waals surface area contributed by atoms with E-state index in [4.69, 9.17) is 4.74 Å². The van der Waals surface area contributed by atoms with Crippen molar-refractivity contribution in [2.75, 3.05) is 19.6 Å². The van der Waals surface area contributed by atoms with Gasteiger partial charge in [0, 0.05) is 25.0 Å². The van der Waals surface area contributed by atoms with Crippen LogP contribution < -0.4 is 5.56 Å². The van der Waals surface area contributed by atoms with E-state index < -0.39 is 6.10 Å². The summed E-state index contributed by atoms with van der Waals surface area (Å²) in [6, 6.07) is 7.45. The summed E-state index contributed by atoms with van der Waals surface area (Å²) in [5.74, 6) is 0. The lowest BCUT2D eigenvalue weighted by Gasteiger charge is -2.36. The van der Waals surface area contributed by atoms with Crippen LogP contribution in [0, 0.1) is 6.92 Å². The van der Waals surface area contributed by atoms with Gasteiger partial charge in [-0.3, -0.25) is 9.69 Å². The van der Waals surface area contributed by atoms with Crippen molar-refractivity contribution in [1.82, 2.24) is 14.7 Å². The number of morpholine rings is 1. The molecule has 6 nitrogen and oxygen atoms in total. The van der Waals surface area contributed by atoms with Crippen molar-refractivity contribution in [3.8, 4) is 0 Å². The Balaban J connectivity index is 1.75. The molecule has 1 N–H and O–H groups in total. The molecule has 0 spiro atoms. The van der Waals surface area contributed by atoms with E-state index in [-0.39, 0.29) is 24.3 Å². The average Bonchev–Trinajstić information content (AvgIpc) is 2.51. The zero-order valence-electron chi connectivity index (χ0n) is 14.5. The molecule has 2 aromatic rings. The Kier molecular flexibility index (Phi) is 4.99. The number of ether oxygens (including phenoxy) is 1. The number of aliphatic hydroxyl groups excluding tert-OH is 1. The van der Waals surface area contributed by atoms with Crippen molar-refractivity contribution >= 4 is 10.8 Å². The quantitative estimate of drug-likeness (QED) is 0.911. The molecular weight excluding hydrogens is 306 g/mol. The molecule has 24 heavy (non-hydrogen) atoms. The zero-order chi connectivity index (χ0) is 17.3. The topological polar surface area (TPSA) is 67.6 Å². The number of benzene rings is 1. The second kappa shape index (κ2) is 7.01. The van der Waals surface area contributed by atoms with Gasteiger partial charge in [0.2, 0.25) is 0 Å². The normalized spacial score (nSPS) is 23.5. The summed E-state index contributed by atoms with van der Waals surface area (Å²) in [5.41, 5.74) is 0.644. The number of rotatable bonds is 4. The van der Waals surface area contributed by atoms with Gasteiger partial charge in [-0.25, -0.2) is 4.68 Å². The third kappa shape index (κ3) is 3.66. The maximum Gasteiger partial charge on any atom is 0.274 e. The highest BCUT2D eigenvalue weighted by molar-refractivity contribution is 5.83. The first-order chi connectivity index (χ1) is 11.4. The van der Waals surface area contributed by atoms with E-state index in [1.165, 1.54) is 4.68 Å². The summed E-state index contributed by atoms with van der Waals surface area (Å²) in [6.45, 7) is 8.25. The van der Waals surface area contributed by atoms with Crippen LogP contribution in [0.4, 0.5) is 0 Å². The van der Waals surface area contributed by atoms with Crippen LogP contribution in [0.3, 0.4) is 0 Å². The molecule has 1 fully saturated rings. The summed E-state index contributed by atoms with van der Waals surface area (Å²) >= 11 is 0. The number of fused-ring (bicyclic) bond motifs is 1. The first kappa shape index (κ1) is 17.1. The summed E-state index contributed by atoms with van der Waals surface area (Å²) < 4.78 is 7.09. The third-order valence-corrected chi connectivity index (χ3v) is 4.40. The monoisotopic (exact) mass is 331 g/mol. The van der Waals surface area contributed by atoms with E-state index in [9.17, 15) is 9.90 Å². The minimum absolute atomic E-state index is 0.154. The largest absolute Gasteiger partial charge is 0.390 e. The van der Waals surface area contributed by atoms with E-state index in [2.05, 4.69) is 10.00 Å². The maximum atomic E-state index is 12.6. The highest BCUT2D eigenvalue weighted by Crippen LogP contribution is 2.13. The molecule has 0 unspecified atom stereocenters. The molecule has 1 aliphatic rings. The first-order valence-corrected chi connectivity index (χ1v) is 8.46. The Morgan fingerprint density at radius 1 is 1.21 bits per heavy atom. The Hall–Kier alpha value is -1.76. The van der Waals surface area contributed by atoms with Gasteiger partial charge in [-0.1, -0.05) is 18.2 Å². The molecule has 6 heteroatoms. The third-order valence-electron chi connectivity index (χ3n) is 4.40. The van der Waals surface area contributed by atoms with Crippen LogP contribution in [0.5, 0.6) is 0 Å². The fourth-order valence-corrected chi connectivity index (χ4v) is 3.52. The fourth-order valence-electron chi connectivity index (χ4n) is 3.52. The van der Waals surface area contributed by atoms with Crippen molar-refractivity contribution in [2.45, 2.75) is 45.6 Å². The molecule has 0 bridgehead atoms. The number of nitrogens with zero attached hydrogens (tertiary/aromatic N) is 3. The SMILES string of the molecule is Cc1nn(C[C@H](O)CN2C[C@H](C)O[C@@H](C)C2)c(=O)c2ccccc12. The molecule has 1 aromatic heterocycles. The molecule has 1 aliphatic heterocycles. The molecule has 0 amide bonds. The standard InChI is InChI=1S/C18H25N3O3/c1-12-8-20(9-13(2)24-12)10-15(22)11-21-18(23)17-7-5-4-6-16(17)14(3)19-21/h4-7,12-13,15,22H,8-11H2,1-3H3/t12-,13-,15+/m0/s1. The van der Waals surface area contributed by atoms with Crippen LogP contribution in [-0.2, 0) is 11.3 Å². The molecule has 2 heterocycles. The van der Waals surface area contributed by atoms with E-state index in [0.29, 0.717) is 11.9 Å². The van der Waals surface area contributed by atoms with Gasteiger partial charge in [-0.05, 0) is 26.8 Å². The van der Waals surface area contributed by atoms with Gasteiger partial charge in [0.05, 0.1) is 35.9 Å². The van der Waals surface area contributed by atoms with Crippen LogP contribution in [0.2, 0.25) is 0 Å². The Labute approximate surface area is 141 Å². The summed E-state index contributed by atoms with van der Waals surface area (Å²) in [4.78, 5) is 14.8. The zero-order valence-corrected chi connectivity index (χ0v) is 14.5. The number of aliphatic hydroxyl groups is 1. The first-order valence-electron chi connectivity index (χ1n) is 8.46. The minimum atomic E-state index is -0.645. The highest BCUT2D eigenvalue weighted by atomic mass is 16.5. The van der Waals surface area contributed by atoms with Crippen molar-refractivity contribution in [2.24, 2.45) is 0 Å². The van der Waals surface area contributed by atoms with Crippen LogP contribution in [0.25, 0.3) is 10.8 Å². The molecule has 1 saturated heterocycles. The molecule has 0 radical (unpaired) electrons. The summed E-state index contributed by atoms with van der Waals surface area (Å²) in [6.07, 6.45) is -0.331. The van der Waals surface area contributed by atoms with Gasteiger partial charge in [-0.2, -0.15) is 5.10 Å². The van der Waals surface area contributed by atoms with Crippen molar-refractivity contribution in [3.05, 3.63) is 40.3 Å². The van der Waals surface area contributed by atoms with Crippen LogP contribution in [0.1, 0.15) is 19.5 Å². The molecular formula is C18H25N3O3. The van der Waals surface area contributed by atoms with Crippen molar-refractivity contribution in [1.29, 1.82) is 0 Å². The average molecular weight is 331 g/mol. The van der Waals surface area contributed by atoms with E-state index in [1.54, 1.807) is 6.07 Å². The van der Waals surface area contributed by atoms with Crippen molar-refractivity contribution in [3.63, 3.8) is 0 Å². The second-order valence-electron chi connectivity index (χ2n) is 6.75. The summed E-state index contributed by atoms with van der Waals surface area (Å²) in [7, 11) is 0. The number of β-amino-alcohol motifs (C(OH)–C–C–N with tert-alkyl or cyclic N) is 1. The molecule has 1 aromatic carbocycles. The second-order valence-corrected chi connectivity index (χ2v) is 6.75. The van der Waals surface area contributed by atoms with Gasteiger partial charge in [0.25, 0.3) is 5.56 Å². The fraction of sp³-hybridized carbons (Fsp3) is 0.556. The van der Waals surface area contributed by atoms with Gasteiger partial charge in [0.1, 0.15) is 0 Å². The summed E-state index contributed by atoms with van der Waals surface area (Å²) in [5, 5.41) is 16.3. The predicted octanol–water partition coefficient (Wildman–Crippen LogP) is 1.18. The van der Waals surface area contributed by atoms with Gasteiger partial charge in [-0.15, -0.1) is 0 Å². The van der Waals surface area contributed by atoms with Gasteiger partial charge >= 0.3 is 0 Å². The van der Waals surface area contributed by atoms with Crippen LogP contribution >= 0.6 is 0 Å². The van der Waals surface area contributed by atoms with Crippen LogP contribution in [0.15, 0.2) is 29.1 Å². The number of aromatic nitrogens is 2. The maximum absolute atomic E-state index is 12.6. The highest BCUT2D eigenvalue weighted by Gasteiger charge is 2.24. The lowest BCUT2D eigenvalue weighted by molar-refractivity contribution is -0.0774. The molecule has 3 atom stereocenters. The molecule has 0 aliphatic carbocycles. The Morgan fingerprint density at radius 2 is 1.83 bits per heavy atom. The molecule has 130 valence electrons. The predicted molar refractivity (Wildman–Crippen MR) is 93.2 cm³/mol. The smallest absolute Gasteiger partial charge is 0.274 e. The number of hydrogen-bond donors (Lipinski definition) is 1. The van der Waals surface area contributed by atoms with E-state index >= 15 is 0 Å². The Bertz CT molecular complexity index is 764. The van der Waals surface area contributed by atoms with Gasteiger partial charge in [0.15, 0.2) is 0 Å². The minimum Gasteiger partial charge on any atom is -0.390 e. The van der Waals surface area contributed by atoms with Gasteiger partial charge < -0.3 is 9.84 Å². The molecule has 3 rings (SSSR count). The lowest BCUT2D eigenvalue weighted by atomic mass is 10.1. The van der Waals surface area contributed by atoms with Crippen molar-refractivity contribution < 1.29 is 9.84 Å². The Morgan fingerprint density at radius 3 is 2.50 bits per heavy atom. The number of hydrogen-bond acceptors (Lipinski definition) is 5. The van der Waals surface area contributed by atoms with E-state index in [1.807, 2.05) is 39.0 Å². The van der Waals surface area contributed by atoms with Crippen LogP contribution in [-0.4, -0.2) is 57.7 Å². The molecule has 0 saturated carbocycles. The van der Waals surface area contributed by atoms with E-state index in [0.717, 1.165) is 24.2 Å². The number of aryl methyl sites for hydroxylation is 1.